The van der Waals surface area contributed by atoms with Crippen LogP contribution in [-0.4, -0.2) is 16.6 Å². The molecule has 1 saturated carbocycles. The number of anilines is 1. The van der Waals surface area contributed by atoms with Crippen LogP contribution in [0.4, 0.5) is 5.82 Å². The van der Waals surface area contributed by atoms with Crippen LogP contribution in [-0.2, 0) is 5.41 Å². The first-order valence-electron chi connectivity index (χ1n) is 8.60. The van der Waals surface area contributed by atoms with Gasteiger partial charge in [0.05, 0.1) is 5.02 Å². The van der Waals surface area contributed by atoms with Crippen LogP contribution in [0.2, 0.25) is 10.0 Å². The summed E-state index contributed by atoms with van der Waals surface area (Å²) in [7, 11) is 0. The Bertz CT molecular complexity index is 777. The normalized spacial score (nSPS) is 16.1. The van der Waals surface area contributed by atoms with E-state index in [-0.39, 0.29) is 5.41 Å². The summed E-state index contributed by atoms with van der Waals surface area (Å²) in [5.41, 5.74) is 1.39. The van der Waals surface area contributed by atoms with Gasteiger partial charge in [0.1, 0.15) is 0 Å². The molecule has 3 rings (SSSR count). The molecule has 0 saturated heterocycles. The lowest BCUT2D eigenvalue weighted by Crippen LogP contribution is -2.43. The van der Waals surface area contributed by atoms with Crippen molar-refractivity contribution in [2.24, 2.45) is 0 Å². The van der Waals surface area contributed by atoms with Crippen molar-refractivity contribution < 1.29 is 0 Å². The molecule has 0 atom stereocenters. The van der Waals surface area contributed by atoms with Gasteiger partial charge in [0.2, 0.25) is 0 Å². The van der Waals surface area contributed by atoms with Gasteiger partial charge in [0.25, 0.3) is 0 Å². The van der Waals surface area contributed by atoms with Crippen LogP contribution >= 0.6 is 51.3 Å². The SMILES string of the molecule is S=C(NCC1(c2ccc(Cl)cc2)CCCCC1)Nc1ncc(Br)cc1Cl. The monoisotopic (exact) mass is 471 g/mol. The van der Waals surface area contributed by atoms with Gasteiger partial charge in [0.15, 0.2) is 10.9 Å². The van der Waals surface area contributed by atoms with E-state index in [1.54, 1.807) is 12.3 Å². The van der Waals surface area contributed by atoms with Gasteiger partial charge in [-0.2, -0.15) is 0 Å². The molecule has 2 N–H and O–H groups in total. The van der Waals surface area contributed by atoms with E-state index in [9.17, 15) is 0 Å². The number of pyridine rings is 1. The number of nitrogens with zero attached hydrogens (tertiary/aromatic N) is 1. The number of thiocarbonyl (C=S) groups is 1. The molecule has 1 aliphatic carbocycles. The quantitative estimate of drug-likeness (QED) is 0.509. The van der Waals surface area contributed by atoms with Crippen molar-refractivity contribution in [3.63, 3.8) is 0 Å². The predicted molar refractivity (Wildman–Crippen MR) is 117 cm³/mol. The standard InChI is InChI=1S/C19H20BrCl2N3S/c20-14-10-16(22)17(23-11-14)25-18(26)24-12-19(8-2-1-3-9-19)13-4-6-15(21)7-5-13/h4-7,10-11H,1-3,8-9,12H2,(H2,23,24,25,26). The molecule has 0 aliphatic heterocycles. The summed E-state index contributed by atoms with van der Waals surface area (Å²) in [5, 5.41) is 8.28. The molecule has 7 heteroatoms. The van der Waals surface area contributed by atoms with E-state index < -0.39 is 0 Å². The van der Waals surface area contributed by atoms with E-state index in [0.717, 1.165) is 28.9 Å². The summed E-state index contributed by atoms with van der Waals surface area (Å²) in [4.78, 5) is 4.27. The third-order valence-corrected chi connectivity index (χ3v) is 6.11. The second-order valence-corrected chi connectivity index (χ2v) is 8.81. The minimum absolute atomic E-state index is 0.0749. The first-order chi connectivity index (χ1) is 12.5. The van der Waals surface area contributed by atoms with Crippen molar-refractivity contribution >= 4 is 62.3 Å². The van der Waals surface area contributed by atoms with Crippen molar-refractivity contribution in [1.29, 1.82) is 0 Å². The minimum atomic E-state index is 0.0749. The summed E-state index contributed by atoms with van der Waals surface area (Å²) < 4.78 is 0.829. The summed E-state index contributed by atoms with van der Waals surface area (Å²) in [6.07, 6.45) is 7.71. The van der Waals surface area contributed by atoms with Crippen LogP contribution in [0.25, 0.3) is 0 Å². The fraction of sp³-hybridized carbons (Fsp3) is 0.368. The average Bonchev–Trinajstić information content (AvgIpc) is 2.64. The van der Waals surface area contributed by atoms with Gasteiger partial charge in [-0.1, -0.05) is 54.6 Å². The average molecular weight is 473 g/mol. The minimum Gasteiger partial charge on any atom is -0.362 e. The molecule has 0 unspecified atom stereocenters. The number of rotatable bonds is 4. The third kappa shape index (κ3) is 4.89. The number of nitrogens with one attached hydrogen (secondary N) is 2. The van der Waals surface area contributed by atoms with E-state index >= 15 is 0 Å². The maximum absolute atomic E-state index is 6.21. The Balaban J connectivity index is 1.69. The largest absolute Gasteiger partial charge is 0.362 e. The van der Waals surface area contributed by atoms with E-state index in [4.69, 9.17) is 35.4 Å². The predicted octanol–water partition coefficient (Wildman–Crippen LogP) is 6.34. The van der Waals surface area contributed by atoms with Crippen molar-refractivity contribution in [2.45, 2.75) is 37.5 Å². The fourth-order valence-corrected chi connectivity index (χ4v) is 4.48. The first kappa shape index (κ1) is 19.9. The number of hydrogen-bond acceptors (Lipinski definition) is 2. The lowest BCUT2D eigenvalue weighted by atomic mass is 9.69. The molecule has 3 nitrogen and oxygen atoms in total. The lowest BCUT2D eigenvalue weighted by molar-refractivity contribution is 0.292. The Labute approximate surface area is 178 Å². The van der Waals surface area contributed by atoms with Gasteiger partial charge >= 0.3 is 0 Å². The zero-order valence-corrected chi connectivity index (χ0v) is 18.1. The highest BCUT2D eigenvalue weighted by atomic mass is 79.9. The summed E-state index contributed by atoms with van der Waals surface area (Å²) >= 11 is 21.1. The van der Waals surface area contributed by atoms with Crippen molar-refractivity contribution in [2.75, 3.05) is 11.9 Å². The number of benzene rings is 1. The topological polar surface area (TPSA) is 37.0 Å². The molecule has 0 radical (unpaired) electrons. The molecule has 0 amide bonds. The van der Waals surface area contributed by atoms with Gasteiger partial charge in [0, 0.05) is 27.7 Å². The van der Waals surface area contributed by atoms with Crippen molar-refractivity contribution in [3.05, 3.63) is 56.6 Å². The van der Waals surface area contributed by atoms with E-state index in [1.165, 1.54) is 24.8 Å². The number of halogens is 3. The molecule has 1 fully saturated rings. The highest BCUT2D eigenvalue weighted by Gasteiger charge is 2.33. The van der Waals surface area contributed by atoms with Gasteiger partial charge in [-0.25, -0.2) is 4.98 Å². The van der Waals surface area contributed by atoms with Crippen LogP contribution in [0.15, 0.2) is 41.0 Å². The molecule has 0 spiro atoms. The van der Waals surface area contributed by atoms with E-state index in [2.05, 4.69) is 43.7 Å². The molecule has 0 bridgehead atoms. The van der Waals surface area contributed by atoms with Gasteiger partial charge in [-0.15, -0.1) is 0 Å². The Morgan fingerprint density at radius 2 is 1.85 bits per heavy atom. The van der Waals surface area contributed by atoms with E-state index in [1.807, 2.05) is 12.1 Å². The molecule has 1 heterocycles. The number of aromatic nitrogens is 1. The molecule has 1 aliphatic rings. The van der Waals surface area contributed by atoms with Gasteiger partial charge < -0.3 is 10.6 Å². The van der Waals surface area contributed by atoms with E-state index in [0.29, 0.717) is 16.0 Å². The molecular formula is C19H20BrCl2N3S. The van der Waals surface area contributed by atoms with Crippen LogP contribution < -0.4 is 10.6 Å². The maximum atomic E-state index is 6.21. The zero-order chi connectivity index (χ0) is 18.6. The molecule has 138 valence electrons. The number of hydrogen-bond donors (Lipinski definition) is 2. The highest BCUT2D eigenvalue weighted by Crippen LogP contribution is 2.39. The van der Waals surface area contributed by atoms with Crippen LogP contribution in [0.3, 0.4) is 0 Å². The molecule has 1 aromatic heterocycles. The first-order valence-corrected chi connectivity index (χ1v) is 10.6. The summed E-state index contributed by atoms with van der Waals surface area (Å²) in [6.45, 7) is 0.772. The molecule has 1 aromatic carbocycles. The Kier molecular flexibility index (Phi) is 6.78. The lowest BCUT2D eigenvalue weighted by Gasteiger charge is -2.38. The molecular weight excluding hydrogens is 453 g/mol. The Morgan fingerprint density at radius 3 is 2.50 bits per heavy atom. The Morgan fingerprint density at radius 1 is 1.15 bits per heavy atom. The fourth-order valence-electron chi connectivity index (χ4n) is 3.51. The molecule has 26 heavy (non-hydrogen) atoms. The second kappa shape index (κ2) is 8.87. The Hall–Kier alpha value is -0.880. The van der Waals surface area contributed by atoms with Gasteiger partial charge in [-0.3, -0.25) is 0 Å². The zero-order valence-electron chi connectivity index (χ0n) is 14.2. The third-order valence-electron chi connectivity index (χ3n) is 4.89. The van der Waals surface area contributed by atoms with Crippen LogP contribution in [0, 0.1) is 0 Å². The summed E-state index contributed by atoms with van der Waals surface area (Å²) in [6, 6.07) is 10.00. The summed E-state index contributed by atoms with van der Waals surface area (Å²) in [5.74, 6) is 0.552. The molecule has 2 aromatic rings. The van der Waals surface area contributed by atoms with Crippen molar-refractivity contribution in [3.8, 4) is 0 Å². The van der Waals surface area contributed by atoms with Crippen LogP contribution in [0.1, 0.15) is 37.7 Å². The smallest absolute Gasteiger partial charge is 0.172 e. The van der Waals surface area contributed by atoms with Crippen molar-refractivity contribution in [1.82, 2.24) is 10.3 Å². The highest BCUT2D eigenvalue weighted by molar-refractivity contribution is 9.10. The van der Waals surface area contributed by atoms with Crippen LogP contribution in [0.5, 0.6) is 0 Å². The van der Waals surface area contributed by atoms with Gasteiger partial charge in [-0.05, 0) is 64.8 Å². The maximum Gasteiger partial charge on any atom is 0.172 e. The second-order valence-electron chi connectivity index (χ2n) is 6.64.